The maximum atomic E-state index is 11.6. The first-order valence-corrected chi connectivity index (χ1v) is 6.22. The van der Waals surface area contributed by atoms with E-state index in [0.717, 1.165) is 11.5 Å². The van der Waals surface area contributed by atoms with Gasteiger partial charge in [0.1, 0.15) is 0 Å². The molecule has 92 valence electrons. The van der Waals surface area contributed by atoms with Crippen LogP contribution in [0, 0.1) is 0 Å². The van der Waals surface area contributed by atoms with Crippen molar-refractivity contribution in [1.82, 2.24) is 10.2 Å². The van der Waals surface area contributed by atoms with Crippen LogP contribution in [0.4, 0.5) is 4.79 Å². The van der Waals surface area contributed by atoms with Crippen molar-refractivity contribution in [2.75, 3.05) is 24.6 Å². The number of nitrogens with one attached hydrogen (secondary N) is 1. The number of rotatable bonds is 3. The lowest BCUT2D eigenvalue weighted by Crippen LogP contribution is -2.53. The van der Waals surface area contributed by atoms with E-state index < -0.39 is 24.1 Å². The number of hydrogen-bond acceptors (Lipinski definition) is 4. The zero-order valence-electron chi connectivity index (χ0n) is 9.05. The van der Waals surface area contributed by atoms with Crippen LogP contribution in [0.5, 0.6) is 0 Å². The predicted molar refractivity (Wildman–Crippen MR) is 60.5 cm³/mol. The molecule has 0 aromatic carbocycles. The molecule has 1 rings (SSSR count). The molecule has 0 aliphatic carbocycles. The standard InChI is InChI=1S/C9H16N2O4S/c1-6(12)7(8(13)14)10-9(15)11-2-4-16-5-3-11/h6-7,12H,2-5H2,1H3,(H,10,15)(H,13,14). The van der Waals surface area contributed by atoms with Crippen LogP contribution < -0.4 is 5.32 Å². The highest BCUT2D eigenvalue weighted by Gasteiger charge is 2.27. The number of carboxylic acid groups (broad SMARTS) is 1. The van der Waals surface area contributed by atoms with Crippen LogP contribution in [-0.4, -0.2) is 63.9 Å². The molecular weight excluding hydrogens is 232 g/mol. The van der Waals surface area contributed by atoms with E-state index in [4.69, 9.17) is 5.11 Å². The predicted octanol–water partition coefficient (Wildman–Crippen LogP) is -0.421. The van der Waals surface area contributed by atoms with Crippen LogP contribution in [0.15, 0.2) is 0 Å². The third-order valence-corrected chi connectivity index (χ3v) is 3.27. The second-order valence-corrected chi connectivity index (χ2v) is 4.83. The number of hydrogen-bond donors (Lipinski definition) is 3. The second-order valence-electron chi connectivity index (χ2n) is 3.61. The minimum Gasteiger partial charge on any atom is -0.480 e. The number of nitrogens with zero attached hydrogens (tertiary/aromatic N) is 1. The summed E-state index contributed by atoms with van der Waals surface area (Å²) in [5.41, 5.74) is 0. The molecule has 6 nitrogen and oxygen atoms in total. The van der Waals surface area contributed by atoms with Crippen LogP contribution in [0.1, 0.15) is 6.92 Å². The van der Waals surface area contributed by atoms with E-state index in [1.54, 1.807) is 16.7 Å². The summed E-state index contributed by atoms with van der Waals surface area (Å²) in [7, 11) is 0. The zero-order chi connectivity index (χ0) is 12.1. The van der Waals surface area contributed by atoms with Crippen LogP contribution in [0.3, 0.4) is 0 Å². The van der Waals surface area contributed by atoms with E-state index >= 15 is 0 Å². The molecule has 1 saturated heterocycles. The Morgan fingerprint density at radius 3 is 2.38 bits per heavy atom. The monoisotopic (exact) mass is 248 g/mol. The molecule has 7 heteroatoms. The first kappa shape index (κ1) is 13.1. The quantitative estimate of drug-likeness (QED) is 0.631. The topological polar surface area (TPSA) is 89.9 Å². The van der Waals surface area contributed by atoms with E-state index in [0.29, 0.717) is 13.1 Å². The molecule has 0 saturated carbocycles. The number of thioether (sulfide) groups is 1. The van der Waals surface area contributed by atoms with E-state index in [1.807, 2.05) is 0 Å². The Bertz CT molecular complexity index is 266. The van der Waals surface area contributed by atoms with Crippen molar-refractivity contribution in [2.45, 2.75) is 19.1 Å². The molecule has 0 radical (unpaired) electrons. The highest BCUT2D eigenvalue weighted by atomic mass is 32.2. The van der Waals surface area contributed by atoms with Gasteiger partial charge in [-0.2, -0.15) is 11.8 Å². The van der Waals surface area contributed by atoms with Gasteiger partial charge in [-0.05, 0) is 6.92 Å². The second kappa shape index (κ2) is 5.95. The van der Waals surface area contributed by atoms with Gasteiger partial charge in [0.15, 0.2) is 6.04 Å². The molecule has 0 bridgehead atoms. The molecule has 2 atom stereocenters. The highest BCUT2D eigenvalue weighted by molar-refractivity contribution is 7.99. The Morgan fingerprint density at radius 1 is 1.38 bits per heavy atom. The molecule has 1 heterocycles. The van der Waals surface area contributed by atoms with Crippen molar-refractivity contribution in [3.05, 3.63) is 0 Å². The summed E-state index contributed by atoms with van der Waals surface area (Å²) in [5, 5.41) is 20.3. The largest absolute Gasteiger partial charge is 0.480 e. The minimum atomic E-state index is -1.25. The smallest absolute Gasteiger partial charge is 0.328 e. The maximum absolute atomic E-state index is 11.6. The fourth-order valence-electron chi connectivity index (χ4n) is 1.38. The number of carbonyl (C=O) groups is 2. The van der Waals surface area contributed by atoms with Gasteiger partial charge in [-0.25, -0.2) is 9.59 Å². The van der Waals surface area contributed by atoms with Gasteiger partial charge in [0, 0.05) is 24.6 Å². The fourth-order valence-corrected chi connectivity index (χ4v) is 2.28. The average Bonchev–Trinajstić information content (AvgIpc) is 2.25. The van der Waals surface area contributed by atoms with Crippen molar-refractivity contribution >= 4 is 23.8 Å². The van der Waals surface area contributed by atoms with Crippen molar-refractivity contribution in [1.29, 1.82) is 0 Å². The molecule has 1 aliphatic rings. The van der Waals surface area contributed by atoms with Crippen LogP contribution >= 0.6 is 11.8 Å². The van der Waals surface area contributed by atoms with Gasteiger partial charge in [-0.3, -0.25) is 0 Å². The fraction of sp³-hybridized carbons (Fsp3) is 0.778. The highest BCUT2D eigenvalue weighted by Crippen LogP contribution is 2.09. The number of aliphatic carboxylic acids is 1. The summed E-state index contributed by atoms with van der Waals surface area (Å²) >= 11 is 1.76. The number of carbonyl (C=O) groups excluding carboxylic acids is 1. The van der Waals surface area contributed by atoms with Gasteiger partial charge in [0.25, 0.3) is 0 Å². The van der Waals surface area contributed by atoms with Gasteiger partial charge in [0.2, 0.25) is 0 Å². The molecule has 0 spiro atoms. The molecule has 2 unspecified atom stereocenters. The summed E-state index contributed by atoms with van der Waals surface area (Å²) in [6.45, 7) is 2.57. The van der Waals surface area contributed by atoms with E-state index in [2.05, 4.69) is 5.32 Å². The first-order valence-electron chi connectivity index (χ1n) is 5.06. The third-order valence-electron chi connectivity index (χ3n) is 2.33. The lowest BCUT2D eigenvalue weighted by atomic mass is 10.2. The summed E-state index contributed by atoms with van der Waals surface area (Å²) in [6, 6.07) is -1.67. The van der Waals surface area contributed by atoms with Gasteiger partial charge in [-0.1, -0.05) is 0 Å². The van der Waals surface area contributed by atoms with Gasteiger partial charge in [0.05, 0.1) is 6.10 Å². The number of aliphatic hydroxyl groups excluding tert-OH is 1. The van der Waals surface area contributed by atoms with Crippen LogP contribution in [-0.2, 0) is 4.79 Å². The molecule has 3 N–H and O–H groups in total. The van der Waals surface area contributed by atoms with E-state index in [9.17, 15) is 14.7 Å². The average molecular weight is 248 g/mol. The van der Waals surface area contributed by atoms with Crippen molar-refractivity contribution < 1.29 is 19.8 Å². The molecule has 2 amide bonds. The normalized spacial score (nSPS) is 20.0. The van der Waals surface area contributed by atoms with Crippen molar-refractivity contribution in [2.24, 2.45) is 0 Å². The van der Waals surface area contributed by atoms with Crippen molar-refractivity contribution in [3.63, 3.8) is 0 Å². The summed E-state index contributed by atoms with van der Waals surface area (Å²) in [5.74, 6) is 0.495. The molecule has 1 fully saturated rings. The molecule has 1 aliphatic heterocycles. The third kappa shape index (κ3) is 3.57. The molecule has 16 heavy (non-hydrogen) atoms. The lowest BCUT2D eigenvalue weighted by molar-refractivity contribution is -0.141. The maximum Gasteiger partial charge on any atom is 0.328 e. The van der Waals surface area contributed by atoms with E-state index in [-0.39, 0.29) is 0 Å². The van der Waals surface area contributed by atoms with Crippen LogP contribution in [0.2, 0.25) is 0 Å². The Kier molecular flexibility index (Phi) is 4.88. The van der Waals surface area contributed by atoms with Gasteiger partial charge >= 0.3 is 12.0 Å². The SMILES string of the molecule is CC(O)C(NC(=O)N1CCSCC1)C(=O)O. The Hall–Kier alpha value is -0.950. The zero-order valence-corrected chi connectivity index (χ0v) is 9.87. The summed E-state index contributed by atoms with van der Waals surface area (Å²) < 4.78 is 0. The number of carboxylic acids is 1. The lowest BCUT2D eigenvalue weighted by Gasteiger charge is -2.28. The Balaban J connectivity index is 2.50. The van der Waals surface area contributed by atoms with Gasteiger partial charge < -0.3 is 20.4 Å². The molecule has 0 aromatic heterocycles. The van der Waals surface area contributed by atoms with Crippen LogP contribution in [0.25, 0.3) is 0 Å². The molecule has 0 aromatic rings. The van der Waals surface area contributed by atoms with Crippen molar-refractivity contribution in [3.8, 4) is 0 Å². The summed E-state index contributed by atoms with van der Waals surface area (Å²) in [4.78, 5) is 24.0. The van der Waals surface area contributed by atoms with E-state index in [1.165, 1.54) is 6.92 Å². The number of aliphatic hydroxyl groups is 1. The molecular formula is C9H16N2O4S. The number of amides is 2. The first-order chi connectivity index (χ1) is 7.52. The Morgan fingerprint density at radius 2 is 1.94 bits per heavy atom. The number of urea groups is 1. The minimum absolute atomic E-state index is 0.423. The van der Waals surface area contributed by atoms with Gasteiger partial charge in [-0.15, -0.1) is 0 Å². The summed E-state index contributed by atoms with van der Waals surface area (Å²) in [6.07, 6.45) is -1.11. The Labute approximate surface area is 98.0 Å².